The first-order valence-corrected chi connectivity index (χ1v) is 7.01. The summed E-state index contributed by atoms with van der Waals surface area (Å²) < 4.78 is 0. The minimum absolute atomic E-state index is 0.166. The Bertz CT molecular complexity index is 447. The third-order valence-electron chi connectivity index (χ3n) is 3.47. The van der Waals surface area contributed by atoms with Crippen molar-refractivity contribution in [2.24, 2.45) is 5.92 Å². The van der Waals surface area contributed by atoms with E-state index in [0.29, 0.717) is 17.2 Å². The van der Waals surface area contributed by atoms with Gasteiger partial charge >= 0.3 is 0 Å². The fraction of sp³-hybridized carbons (Fsp3) is 0.500. The smallest absolute Gasteiger partial charge is 0.138 e. The van der Waals surface area contributed by atoms with Crippen LogP contribution in [0.25, 0.3) is 0 Å². The van der Waals surface area contributed by atoms with E-state index in [2.05, 4.69) is 4.90 Å². The number of hydrogen-bond acceptors (Lipinski definition) is 2. The monoisotopic (exact) mass is 285 g/mol. The number of likely N-dealkylation sites (tertiary alicyclic amines) is 1. The van der Waals surface area contributed by atoms with Gasteiger partial charge in [0, 0.05) is 42.0 Å². The fourth-order valence-corrected chi connectivity index (χ4v) is 2.80. The van der Waals surface area contributed by atoms with E-state index in [1.54, 1.807) is 6.07 Å². The first-order valence-electron chi connectivity index (χ1n) is 6.25. The Hall–Kier alpha value is -0.570. The largest absolute Gasteiger partial charge is 0.302 e. The molecule has 2 nitrogen and oxygen atoms in total. The molecule has 0 aliphatic carbocycles. The van der Waals surface area contributed by atoms with E-state index in [1.807, 2.05) is 19.1 Å². The van der Waals surface area contributed by atoms with Crippen molar-refractivity contribution in [3.63, 3.8) is 0 Å². The van der Waals surface area contributed by atoms with E-state index < -0.39 is 0 Å². The second-order valence-electron chi connectivity index (χ2n) is 4.90. The maximum atomic E-state index is 11.4. The van der Waals surface area contributed by atoms with Gasteiger partial charge in [-0.1, -0.05) is 36.2 Å². The van der Waals surface area contributed by atoms with Crippen molar-refractivity contribution in [3.8, 4) is 0 Å². The Morgan fingerprint density at radius 2 is 2.17 bits per heavy atom. The van der Waals surface area contributed by atoms with Crippen LogP contribution in [0.1, 0.15) is 18.9 Å². The zero-order chi connectivity index (χ0) is 13.1. The molecule has 1 aliphatic heterocycles. The normalized spacial score (nSPS) is 21.3. The van der Waals surface area contributed by atoms with Crippen LogP contribution in [0.4, 0.5) is 0 Å². The average molecular weight is 286 g/mol. The van der Waals surface area contributed by atoms with Crippen LogP contribution in [0.3, 0.4) is 0 Å². The summed E-state index contributed by atoms with van der Waals surface area (Å²) in [6, 6.07) is 5.62. The molecule has 1 heterocycles. The maximum Gasteiger partial charge on any atom is 0.138 e. The number of carbonyl (C=O) groups excluding carboxylic acids is 1. The SMILES string of the molecule is CC1CN(CCc2ccc(Cl)cc2Cl)CCC1=O. The average Bonchev–Trinajstić information content (AvgIpc) is 2.32. The fourth-order valence-electron chi connectivity index (χ4n) is 2.30. The summed E-state index contributed by atoms with van der Waals surface area (Å²) in [5, 5.41) is 1.39. The summed E-state index contributed by atoms with van der Waals surface area (Å²) in [4.78, 5) is 13.8. The number of rotatable bonds is 3. The molecule has 0 spiro atoms. The Balaban J connectivity index is 1.90. The van der Waals surface area contributed by atoms with Crippen molar-refractivity contribution in [3.05, 3.63) is 33.8 Å². The molecule has 1 aromatic carbocycles. The van der Waals surface area contributed by atoms with Crippen molar-refractivity contribution >= 4 is 29.0 Å². The lowest BCUT2D eigenvalue weighted by atomic mass is 9.98. The molecule has 0 radical (unpaired) electrons. The number of carbonyl (C=O) groups is 1. The van der Waals surface area contributed by atoms with Crippen LogP contribution in [0.5, 0.6) is 0 Å². The van der Waals surface area contributed by atoms with Gasteiger partial charge in [0.2, 0.25) is 0 Å². The molecule has 0 amide bonds. The van der Waals surface area contributed by atoms with Crippen LogP contribution in [0, 0.1) is 5.92 Å². The molecule has 2 rings (SSSR count). The lowest BCUT2D eigenvalue weighted by Crippen LogP contribution is -2.40. The van der Waals surface area contributed by atoms with Crippen molar-refractivity contribution in [1.29, 1.82) is 0 Å². The number of benzene rings is 1. The van der Waals surface area contributed by atoms with Gasteiger partial charge in [0.05, 0.1) is 0 Å². The molecule has 18 heavy (non-hydrogen) atoms. The van der Waals surface area contributed by atoms with E-state index in [9.17, 15) is 4.79 Å². The second-order valence-corrected chi connectivity index (χ2v) is 5.75. The minimum Gasteiger partial charge on any atom is -0.302 e. The van der Waals surface area contributed by atoms with Crippen LogP contribution < -0.4 is 0 Å². The van der Waals surface area contributed by atoms with Crippen LogP contribution >= 0.6 is 23.2 Å². The van der Waals surface area contributed by atoms with E-state index in [0.717, 1.165) is 36.6 Å². The highest BCUT2D eigenvalue weighted by atomic mass is 35.5. The Morgan fingerprint density at radius 1 is 1.39 bits per heavy atom. The molecule has 0 saturated carbocycles. The van der Waals surface area contributed by atoms with E-state index in [1.165, 1.54) is 0 Å². The zero-order valence-corrected chi connectivity index (χ0v) is 12.0. The molecule has 0 aromatic heterocycles. The molecule has 1 fully saturated rings. The first-order chi connectivity index (χ1) is 8.56. The van der Waals surface area contributed by atoms with Crippen LogP contribution in [0.15, 0.2) is 18.2 Å². The summed E-state index contributed by atoms with van der Waals surface area (Å²) in [6.07, 6.45) is 1.58. The van der Waals surface area contributed by atoms with Gasteiger partial charge in [0.25, 0.3) is 0 Å². The summed E-state index contributed by atoms with van der Waals surface area (Å²) in [5.41, 5.74) is 1.12. The lowest BCUT2D eigenvalue weighted by molar-refractivity contribution is -0.125. The molecule has 98 valence electrons. The van der Waals surface area contributed by atoms with E-state index in [-0.39, 0.29) is 5.92 Å². The molecule has 0 N–H and O–H groups in total. The quantitative estimate of drug-likeness (QED) is 0.848. The summed E-state index contributed by atoms with van der Waals surface area (Å²) >= 11 is 12.0. The lowest BCUT2D eigenvalue weighted by Gasteiger charge is -2.29. The minimum atomic E-state index is 0.166. The highest BCUT2D eigenvalue weighted by Gasteiger charge is 2.22. The number of hydrogen-bond donors (Lipinski definition) is 0. The zero-order valence-electron chi connectivity index (χ0n) is 10.5. The molecule has 1 aromatic rings. The maximum absolute atomic E-state index is 11.4. The number of piperidine rings is 1. The molecule has 0 bridgehead atoms. The number of Topliss-reactive ketones (excluding diaryl/α,β-unsaturated/α-hetero) is 1. The highest BCUT2D eigenvalue weighted by Crippen LogP contribution is 2.22. The number of nitrogens with zero attached hydrogens (tertiary/aromatic N) is 1. The Morgan fingerprint density at radius 3 is 2.83 bits per heavy atom. The van der Waals surface area contributed by atoms with Crippen LogP contribution in [0.2, 0.25) is 10.0 Å². The molecular weight excluding hydrogens is 269 g/mol. The van der Waals surface area contributed by atoms with Gasteiger partial charge in [-0.15, -0.1) is 0 Å². The third-order valence-corrected chi connectivity index (χ3v) is 4.06. The summed E-state index contributed by atoms with van der Waals surface area (Å²) in [7, 11) is 0. The van der Waals surface area contributed by atoms with Crippen molar-refractivity contribution in [1.82, 2.24) is 4.90 Å². The van der Waals surface area contributed by atoms with E-state index in [4.69, 9.17) is 23.2 Å². The Labute approximate surface area is 118 Å². The molecular formula is C14H17Cl2NO. The van der Waals surface area contributed by atoms with Gasteiger partial charge in [-0.3, -0.25) is 4.79 Å². The van der Waals surface area contributed by atoms with Crippen molar-refractivity contribution in [2.75, 3.05) is 19.6 Å². The van der Waals surface area contributed by atoms with Gasteiger partial charge in [-0.25, -0.2) is 0 Å². The van der Waals surface area contributed by atoms with Gasteiger partial charge in [0.15, 0.2) is 0 Å². The van der Waals surface area contributed by atoms with Gasteiger partial charge < -0.3 is 4.90 Å². The van der Waals surface area contributed by atoms with Gasteiger partial charge in [-0.05, 0) is 24.1 Å². The van der Waals surface area contributed by atoms with Crippen molar-refractivity contribution in [2.45, 2.75) is 19.8 Å². The second kappa shape index (κ2) is 6.05. The van der Waals surface area contributed by atoms with E-state index >= 15 is 0 Å². The third kappa shape index (κ3) is 3.47. The van der Waals surface area contributed by atoms with Crippen LogP contribution in [-0.4, -0.2) is 30.3 Å². The van der Waals surface area contributed by atoms with Crippen LogP contribution in [-0.2, 0) is 11.2 Å². The summed E-state index contributed by atoms with van der Waals surface area (Å²) in [5.74, 6) is 0.551. The molecule has 4 heteroatoms. The highest BCUT2D eigenvalue weighted by molar-refractivity contribution is 6.35. The first kappa shape index (κ1) is 13.9. The standard InChI is InChI=1S/C14H17Cl2NO/c1-10-9-17(7-5-14(10)18)6-4-11-2-3-12(15)8-13(11)16/h2-3,8,10H,4-7,9H2,1H3. The molecule has 1 atom stereocenters. The van der Waals surface area contributed by atoms with Crippen molar-refractivity contribution < 1.29 is 4.79 Å². The Kier molecular flexibility index (Phi) is 4.66. The number of halogens is 2. The predicted octanol–water partition coefficient (Wildman–Crippen LogP) is 3.45. The summed E-state index contributed by atoms with van der Waals surface area (Å²) in [6.45, 7) is 4.68. The predicted molar refractivity (Wildman–Crippen MR) is 75.4 cm³/mol. The number of ketones is 1. The molecule has 1 saturated heterocycles. The molecule has 1 aliphatic rings. The van der Waals surface area contributed by atoms with Gasteiger partial charge in [0.1, 0.15) is 5.78 Å². The molecule has 1 unspecified atom stereocenters. The van der Waals surface area contributed by atoms with Gasteiger partial charge in [-0.2, -0.15) is 0 Å². The topological polar surface area (TPSA) is 20.3 Å².